The Kier molecular flexibility index (Phi) is 26.5. The molecule has 6 rings (SSSR count). The maximum Gasteiger partial charge on any atom is 0.115 e. The Balaban J connectivity index is 0. The van der Waals surface area contributed by atoms with E-state index in [-0.39, 0.29) is 34.1 Å². The molecule has 0 atom stereocenters. The van der Waals surface area contributed by atoms with Gasteiger partial charge in [-0.1, -0.05) is 109 Å². The van der Waals surface area contributed by atoms with E-state index in [1.54, 1.807) is 146 Å². The van der Waals surface area contributed by atoms with Gasteiger partial charge in [0.25, 0.3) is 0 Å². The molecule has 0 fully saturated rings. The number of aromatic hydroxyl groups is 6. The van der Waals surface area contributed by atoms with Crippen molar-refractivity contribution in [2.24, 2.45) is 0 Å². The number of phenolic OH excluding ortho intramolecular Hbond substituents is 6. The smallest absolute Gasteiger partial charge is 0.115 e. The fourth-order valence-corrected chi connectivity index (χ4v) is 2.57. The second-order valence-corrected chi connectivity index (χ2v) is 8.01. The first-order chi connectivity index (χ1) is 20.4. The van der Waals surface area contributed by atoms with Crippen molar-refractivity contribution in [3.05, 3.63) is 182 Å². The molecular weight excluding hydrogens is 640 g/mol. The molecule has 0 aromatic heterocycles. The molecule has 0 amide bonds. The molecular formula is C36H36Fe2O6. The molecule has 0 saturated carbocycles. The van der Waals surface area contributed by atoms with E-state index >= 15 is 0 Å². The molecule has 6 N–H and O–H groups in total. The van der Waals surface area contributed by atoms with Crippen LogP contribution in [0.5, 0.6) is 34.5 Å². The summed E-state index contributed by atoms with van der Waals surface area (Å²) in [6, 6.07) is 52.3. The first-order valence-corrected chi connectivity index (χ1v) is 12.8. The number of hydrogen-bond donors (Lipinski definition) is 6. The van der Waals surface area contributed by atoms with Crippen molar-refractivity contribution in [1.82, 2.24) is 0 Å². The summed E-state index contributed by atoms with van der Waals surface area (Å²) >= 11 is 0. The minimum atomic E-state index is 0. The Labute approximate surface area is 280 Å². The summed E-state index contributed by atoms with van der Waals surface area (Å²) in [6.45, 7) is 0. The van der Waals surface area contributed by atoms with Crippen molar-refractivity contribution in [2.75, 3.05) is 0 Å². The molecule has 0 unspecified atom stereocenters. The van der Waals surface area contributed by atoms with E-state index in [9.17, 15) is 0 Å². The standard InChI is InChI=1S/6C6H6O.2Fe/c6*7-6-4-2-1-3-5-6;;/h6*1-5,7H;;. The van der Waals surface area contributed by atoms with Gasteiger partial charge >= 0.3 is 0 Å². The minimum absolute atomic E-state index is 0. The number of para-hydroxylation sites is 6. The van der Waals surface area contributed by atoms with Crippen LogP contribution in [0.4, 0.5) is 0 Å². The third-order valence-corrected chi connectivity index (χ3v) is 4.54. The summed E-state index contributed by atoms with van der Waals surface area (Å²) < 4.78 is 0. The Bertz CT molecular complexity index is 1110. The van der Waals surface area contributed by atoms with Gasteiger partial charge < -0.3 is 30.6 Å². The third-order valence-electron chi connectivity index (χ3n) is 4.54. The van der Waals surface area contributed by atoms with Gasteiger partial charge in [-0.2, -0.15) is 0 Å². The van der Waals surface area contributed by atoms with Gasteiger partial charge in [0.2, 0.25) is 0 Å². The number of hydrogen-bond acceptors (Lipinski definition) is 6. The predicted octanol–water partition coefficient (Wildman–Crippen LogP) is 8.35. The van der Waals surface area contributed by atoms with Gasteiger partial charge in [-0.05, 0) is 72.8 Å². The third kappa shape index (κ3) is 26.1. The summed E-state index contributed by atoms with van der Waals surface area (Å²) in [7, 11) is 0. The fourth-order valence-electron chi connectivity index (χ4n) is 2.57. The van der Waals surface area contributed by atoms with Gasteiger partial charge in [-0.25, -0.2) is 0 Å². The van der Waals surface area contributed by atoms with E-state index in [1.807, 2.05) is 36.4 Å². The van der Waals surface area contributed by atoms with E-state index < -0.39 is 0 Å². The SMILES string of the molecule is Oc1ccccc1.Oc1ccccc1.Oc1ccccc1.Oc1ccccc1.Oc1ccccc1.Oc1ccccc1.[Fe].[Fe]. The van der Waals surface area contributed by atoms with Gasteiger partial charge in [0.1, 0.15) is 34.5 Å². The molecule has 0 bridgehead atoms. The first-order valence-electron chi connectivity index (χ1n) is 12.8. The van der Waals surface area contributed by atoms with Gasteiger partial charge in [0.15, 0.2) is 0 Å². The van der Waals surface area contributed by atoms with E-state index in [4.69, 9.17) is 30.6 Å². The zero-order valence-corrected chi connectivity index (χ0v) is 25.9. The van der Waals surface area contributed by atoms with Crippen LogP contribution < -0.4 is 0 Å². The summed E-state index contributed by atoms with van der Waals surface area (Å²) in [5, 5.41) is 51.8. The zero-order chi connectivity index (χ0) is 30.7. The van der Waals surface area contributed by atoms with Gasteiger partial charge in [-0.3, -0.25) is 0 Å². The second kappa shape index (κ2) is 28.3. The summed E-state index contributed by atoms with van der Waals surface area (Å²) in [5.74, 6) is 1.93. The minimum Gasteiger partial charge on any atom is -0.508 e. The normalized spacial score (nSPS) is 8.18. The van der Waals surface area contributed by atoms with Crippen LogP contribution in [0.2, 0.25) is 0 Å². The van der Waals surface area contributed by atoms with E-state index in [1.165, 1.54) is 0 Å². The van der Waals surface area contributed by atoms with Crippen LogP contribution in [0.3, 0.4) is 0 Å². The number of rotatable bonds is 0. The van der Waals surface area contributed by atoms with Crippen molar-refractivity contribution in [2.45, 2.75) is 0 Å². The van der Waals surface area contributed by atoms with Crippen LogP contribution in [0, 0.1) is 0 Å². The Morgan fingerprint density at radius 1 is 0.182 bits per heavy atom. The molecule has 6 aromatic carbocycles. The number of benzene rings is 6. The van der Waals surface area contributed by atoms with Gasteiger partial charge in [0, 0.05) is 34.1 Å². The first kappa shape index (κ1) is 41.3. The van der Waals surface area contributed by atoms with Crippen molar-refractivity contribution < 1.29 is 64.8 Å². The van der Waals surface area contributed by atoms with Gasteiger partial charge in [-0.15, -0.1) is 0 Å². The number of phenols is 6. The van der Waals surface area contributed by atoms with Crippen molar-refractivity contribution in [1.29, 1.82) is 0 Å². The molecule has 0 heterocycles. The molecule has 0 saturated heterocycles. The monoisotopic (exact) mass is 676 g/mol. The molecule has 6 aromatic rings. The largest absolute Gasteiger partial charge is 0.508 e. The molecule has 0 aliphatic carbocycles. The van der Waals surface area contributed by atoms with E-state index in [0.717, 1.165) is 0 Å². The topological polar surface area (TPSA) is 121 Å². The van der Waals surface area contributed by atoms with E-state index in [2.05, 4.69) is 0 Å². The van der Waals surface area contributed by atoms with Crippen molar-refractivity contribution in [3.8, 4) is 34.5 Å². The van der Waals surface area contributed by atoms with Crippen LogP contribution >= 0.6 is 0 Å². The second-order valence-electron chi connectivity index (χ2n) is 8.01. The predicted molar refractivity (Wildman–Crippen MR) is 169 cm³/mol. The summed E-state index contributed by atoms with van der Waals surface area (Å²) in [5.41, 5.74) is 0. The van der Waals surface area contributed by atoms with Crippen LogP contribution in [0.15, 0.2) is 182 Å². The summed E-state index contributed by atoms with van der Waals surface area (Å²) in [4.78, 5) is 0. The Morgan fingerprint density at radius 2 is 0.273 bits per heavy atom. The quantitative estimate of drug-likeness (QED) is 0.0901. The molecule has 232 valence electrons. The van der Waals surface area contributed by atoms with E-state index in [0.29, 0.717) is 34.5 Å². The fraction of sp³-hybridized carbons (Fsp3) is 0. The van der Waals surface area contributed by atoms with Crippen LogP contribution in [0.25, 0.3) is 0 Å². The average Bonchev–Trinajstić information content (AvgIpc) is 3.01. The van der Waals surface area contributed by atoms with Crippen molar-refractivity contribution in [3.63, 3.8) is 0 Å². The Hall–Kier alpha value is -4.84. The van der Waals surface area contributed by atoms with Crippen LogP contribution in [0.1, 0.15) is 0 Å². The summed E-state index contributed by atoms with van der Waals surface area (Å²) in [6.07, 6.45) is 0. The van der Waals surface area contributed by atoms with Crippen LogP contribution in [-0.4, -0.2) is 30.6 Å². The molecule has 0 spiro atoms. The molecule has 44 heavy (non-hydrogen) atoms. The molecule has 0 aliphatic heterocycles. The van der Waals surface area contributed by atoms with Crippen molar-refractivity contribution >= 4 is 0 Å². The van der Waals surface area contributed by atoms with Crippen LogP contribution in [-0.2, 0) is 34.1 Å². The van der Waals surface area contributed by atoms with Gasteiger partial charge in [0.05, 0.1) is 0 Å². The average molecular weight is 676 g/mol. The maximum atomic E-state index is 8.63. The Morgan fingerprint density at radius 3 is 0.318 bits per heavy atom. The maximum absolute atomic E-state index is 8.63. The molecule has 8 heteroatoms. The molecule has 6 nitrogen and oxygen atoms in total. The zero-order valence-electron chi connectivity index (χ0n) is 23.7. The molecule has 0 aliphatic rings. The molecule has 0 radical (unpaired) electrons.